The van der Waals surface area contributed by atoms with Gasteiger partial charge in [0, 0.05) is 11.6 Å². The van der Waals surface area contributed by atoms with Crippen molar-refractivity contribution < 1.29 is 14.1 Å². The van der Waals surface area contributed by atoms with Crippen molar-refractivity contribution >= 4 is 5.91 Å². The molecule has 1 aromatic heterocycles. The zero-order valence-electron chi connectivity index (χ0n) is 15.0. The molecule has 0 saturated carbocycles. The third kappa shape index (κ3) is 3.74. The maximum atomic E-state index is 13.0. The molecule has 1 amide bonds. The highest BCUT2D eigenvalue weighted by atomic mass is 16.5. The van der Waals surface area contributed by atoms with Crippen molar-refractivity contribution in [2.24, 2.45) is 0 Å². The van der Waals surface area contributed by atoms with E-state index < -0.39 is 0 Å². The average Bonchev–Trinajstić information content (AvgIpc) is 3.15. The molecule has 0 saturated heterocycles. The van der Waals surface area contributed by atoms with E-state index in [4.69, 9.17) is 9.26 Å². The van der Waals surface area contributed by atoms with E-state index in [-0.39, 0.29) is 18.5 Å². The number of carbonyl (C=O) groups is 1. The summed E-state index contributed by atoms with van der Waals surface area (Å²) in [7, 11) is 1.55. The minimum atomic E-state index is -0.142. The SMILES string of the molecule is COc1ccccc1C(=O)N(Cc1nc(-c2ccccc2)no1)C(C)C. The Morgan fingerprint density at radius 3 is 2.50 bits per heavy atom. The molecule has 0 aliphatic rings. The first-order chi connectivity index (χ1) is 12.6. The summed E-state index contributed by atoms with van der Waals surface area (Å²) in [6, 6.07) is 16.7. The van der Waals surface area contributed by atoms with Gasteiger partial charge in [0.1, 0.15) is 12.3 Å². The van der Waals surface area contributed by atoms with E-state index in [1.807, 2.05) is 56.3 Å². The maximum absolute atomic E-state index is 13.0. The average molecular weight is 351 g/mol. The molecule has 2 aromatic carbocycles. The highest BCUT2D eigenvalue weighted by Crippen LogP contribution is 2.22. The quantitative estimate of drug-likeness (QED) is 0.676. The van der Waals surface area contributed by atoms with Gasteiger partial charge in [0.2, 0.25) is 11.7 Å². The van der Waals surface area contributed by atoms with Gasteiger partial charge in [0.05, 0.1) is 12.7 Å². The monoisotopic (exact) mass is 351 g/mol. The Kier molecular flexibility index (Phi) is 5.31. The van der Waals surface area contributed by atoms with Crippen LogP contribution >= 0.6 is 0 Å². The van der Waals surface area contributed by atoms with Crippen molar-refractivity contribution in [2.45, 2.75) is 26.4 Å². The van der Waals surface area contributed by atoms with Gasteiger partial charge in [-0.1, -0.05) is 47.6 Å². The van der Waals surface area contributed by atoms with E-state index in [9.17, 15) is 4.79 Å². The third-order valence-corrected chi connectivity index (χ3v) is 4.03. The first kappa shape index (κ1) is 17.7. The lowest BCUT2D eigenvalue weighted by Crippen LogP contribution is -2.36. The molecule has 6 heteroatoms. The summed E-state index contributed by atoms with van der Waals surface area (Å²) in [6.07, 6.45) is 0. The van der Waals surface area contributed by atoms with E-state index >= 15 is 0 Å². The number of hydrogen-bond acceptors (Lipinski definition) is 5. The normalized spacial score (nSPS) is 10.8. The molecule has 0 atom stereocenters. The van der Waals surface area contributed by atoms with Crippen molar-refractivity contribution in [2.75, 3.05) is 7.11 Å². The lowest BCUT2D eigenvalue weighted by atomic mass is 10.1. The van der Waals surface area contributed by atoms with Crippen LogP contribution in [0.25, 0.3) is 11.4 Å². The van der Waals surface area contributed by atoms with Gasteiger partial charge in [-0.15, -0.1) is 0 Å². The highest BCUT2D eigenvalue weighted by Gasteiger charge is 2.24. The molecule has 3 rings (SSSR count). The number of ether oxygens (including phenoxy) is 1. The second-order valence-electron chi connectivity index (χ2n) is 6.10. The third-order valence-electron chi connectivity index (χ3n) is 4.03. The fraction of sp³-hybridized carbons (Fsp3) is 0.250. The number of para-hydroxylation sites is 1. The van der Waals surface area contributed by atoms with Crippen molar-refractivity contribution in [3.05, 3.63) is 66.1 Å². The van der Waals surface area contributed by atoms with Crippen LogP contribution in [0, 0.1) is 0 Å². The van der Waals surface area contributed by atoms with Crippen LogP contribution in [0.15, 0.2) is 59.1 Å². The minimum absolute atomic E-state index is 0.0421. The van der Waals surface area contributed by atoms with Gasteiger partial charge in [-0.2, -0.15) is 4.98 Å². The second-order valence-corrected chi connectivity index (χ2v) is 6.10. The van der Waals surface area contributed by atoms with Crippen molar-refractivity contribution in [3.8, 4) is 17.1 Å². The summed E-state index contributed by atoms with van der Waals surface area (Å²) in [5, 5.41) is 4.02. The standard InChI is InChI=1S/C20H21N3O3/c1-14(2)23(20(24)16-11-7-8-12-17(16)25-3)13-18-21-19(22-26-18)15-9-5-4-6-10-15/h4-12,14H,13H2,1-3H3. The van der Waals surface area contributed by atoms with Crippen molar-refractivity contribution in [3.63, 3.8) is 0 Å². The molecule has 26 heavy (non-hydrogen) atoms. The molecular formula is C20H21N3O3. The Morgan fingerprint density at radius 1 is 1.12 bits per heavy atom. The number of benzene rings is 2. The minimum Gasteiger partial charge on any atom is -0.496 e. The Labute approximate surface area is 152 Å². The van der Waals surface area contributed by atoms with Gasteiger partial charge in [0.15, 0.2) is 0 Å². The van der Waals surface area contributed by atoms with Crippen LogP contribution in [0.4, 0.5) is 0 Å². The van der Waals surface area contributed by atoms with Gasteiger partial charge >= 0.3 is 0 Å². The fourth-order valence-corrected chi connectivity index (χ4v) is 2.63. The van der Waals surface area contributed by atoms with Gasteiger partial charge in [0.25, 0.3) is 5.91 Å². The first-order valence-corrected chi connectivity index (χ1v) is 8.42. The fourth-order valence-electron chi connectivity index (χ4n) is 2.63. The summed E-state index contributed by atoms with van der Waals surface area (Å²) in [5.74, 6) is 1.30. The highest BCUT2D eigenvalue weighted by molar-refractivity contribution is 5.97. The van der Waals surface area contributed by atoms with E-state index in [1.165, 1.54) is 0 Å². The number of aromatic nitrogens is 2. The number of hydrogen-bond donors (Lipinski definition) is 0. The predicted molar refractivity (Wildman–Crippen MR) is 97.7 cm³/mol. The van der Waals surface area contributed by atoms with Crippen LogP contribution < -0.4 is 4.74 Å². The predicted octanol–water partition coefficient (Wildman–Crippen LogP) is 3.80. The number of methoxy groups -OCH3 is 1. The number of rotatable bonds is 6. The molecule has 134 valence electrons. The molecule has 0 aliphatic heterocycles. The zero-order chi connectivity index (χ0) is 18.5. The van der Waals surface area contributed by atoms with E-state index in [2.05, 4.69) is 10.1 Å². The molecule has 3 aromatic rings. The lowest BCUT2D eigenvalue weighted by molar-refractivity contribution is 0.0664. The molecule has 6 nitrogen and oxygen atoms in total. The van der Waals surface area contributed by atoms with Gasteiger partial charge < -0.3 is 14.2 Å². The van der Waals surface area contributed by atoms with Gasteiger partial charge in [-0.25, -0.2) is 0 Å². The molecule has 0 radical (unpaired) electrons. The topological polar surface area (TPSA) is 68.5 Å². The molecule has 1 heterocycles. The Morgan fingerprint density at radius 2 is 1.81 bits per heavy atom. The summed E-state index contributed by atoms with van der Waals surface area (Å²) >= 11 is 0. The smallest absolute Gasteiger partial charge is 0.258 e. The van der Waals surface area contributed by atoms with Gasteiger partial charge in [-0.05, 0) is 26.0 Å². The van der Waals surface area contributed by atoms with Crippen LogP contribution in [0.2, 0.25) is 0 Å². The molecule has 0 unspecified atom stereocenters. The van der Waals surface area contributed by atoms with Crippen LogP contribution in [-0.4, -0.2) is 34.1 Å². The Balaban J connectivity index is 1.83. The number of carbonyl (C=O) groups excluding carboxylic acids is 1. The van der Waals surface area contributed by atoms with E-state index in [0.717, 1.165) is 5.56 Å². The van der Waals surface area contributed by atoms with Crippen LogP contribution in [-0.2, 0) is 6.54 Å². The molecular weight excluding hydrogens is 330 g/mol. The van der Waals surface area contributed by atoms with Crippen molar-refractivity contribution in [1.82, 2.24) is 15.0 Å². The lowest BCUT2D eigenvalue weighted by Gasteiger charge is -2.25. The number of nitrogens with zero attached hydrogens (tertiary/aromatic N) is 3. The largest absolute Gasteiger partial charge is 0.496 e. The maximum Gasteiger partial charge on any atom is 0.258 e. The molecule has 0 aliphatic carbocycles. The van der Waals surface area contributed by atoms with Crippen LogP contribution in [0.5, 0.6) is 5.75 Å². The molecule has 0 spiro atoms. The van der Waals surface area contributed by atoms with E-state index in [0.29, 0.717) is 23.0 Å². The van der Waals surface area contributed by atoms with Crippen LogP contribution in [0.3, 0.4) is 0 Å². The second kappa shape index (κ2) is 7.82. The Bertz CT molecular complexity index is 875. The summed E-state index contributed by atoms with van der Waals surface area (Å²) in [6.45, 7) is 4.12. The Hall–Kier alpha value is -3.15. The molecule has 0 N–H and O–H groups in total. The van der Waals surface area contributed by atoms with E-state index in [1.54, 1.807) is 24.1 Å². The number of amides is 1. The molecule has 0 bridgehead atoms. The summed E-state index contributed by atoms with van der Waals surface area (Å²) in [5.41, 5.74) is 1.38. The summed E-state index contributed by atoms with van der Waals surface area (Å²) < 4.78 is 10.7. The van der Waals surface area contributed by atoms with Crippen molar-refractivity contribution in [1.29, 1.82) is 0 Å². The van der Waals surface area contributed by atoms with Crippen LogP contribution in [0.1, 0.15) is 30.1 Å². The molecule has 0 fully saturated rings. The first-order valence-electron chi connectivity index (χ1n) is 8.42. The summed E-state index contributed by atoms with van der Waals surface area (Å²) in [4.78, 5) is 19.1. The van der Waals surface area contributed by atoms with Gasteiger partial charge in [-0.3, -0.25) is 4.79 Å². The zero-order valence-corrected chi connectivity index (χ0v) is 15.0.